The van der Waals surface area contributed by atoms with Gasteiger partial charge < -0.3 is 16.6 Å². The number of sulfonamides is 1. The summed E-state index contributed by atoms with van der Waals surface area (Å²) in [6.45, 7) is -0.408. The predicted molar refractivity (Wildman–Crippen MR) is 126 cm³/mol. The quantitative estimate of drug-likeness (QED) is 0.608. The first-order valence-electron chi connectivity index (χ1n) is 10.7. The summed E-state index contributed by atoms with van der Waals surface area (Å²) < 4.78 is 29.0. The maximum atomic E-state index is 13.9. The largest absolute Gasteiger partial charge is 0.394 e. The van der Waals surface area contributed by atoms with E-state index in [1.54, 1.807) is 59.5 Å². The fourth-order valence-electron chi connectivity index (χ4n) is 4.52. The van der Waals surface area contributed by atoms with Gasteiger partial charge in [-0.15, -0.1) is 0 Å². The summed E-state index contributed by atoms with van der Waals surface area (Å²) >= 11 is 0. The molecule has 32 heavy (non-hydrogen) atoms. The molecule has 0 saturated heterocycles. The molecule has 170 valence electrons. The van der Waals surface area contributed by atoms with Gasteiger partial charge in [-0.05, 0) is 49.9 Å². The van der Waals surface area contributed by atoms with Gasteiger partial charge in [-0.3, -0.25) is 9.21 Å². The first-order valence-corrected chi connectivity index (χ1v) is 12.1. The molecule has 2 aromatic carbocycles. The van der Waals surface area contributed by atoms with E-state index in [1.165, 1.54) is 4.31 Å². The van der Waals surface area contributed by atoms with Crippen molar-refractivity contribution in [1.29, 1.82) is 0 Å². The number of hydrogen-bond acceptors (Lipinski definition) is 8. The summed E-state index contributed by atoms with van der Waals surface area (Å²) in [5.41, 5.74) is 12.4. The summed E-state index contributed by atoms with van der Waals surface area (Å²) in [4.78, 5) is 10.6. The number of para-hydroxylation sites is 2. The molecular formula is C22H28N6O3S. The molecule has 10 heteroatoms. The number of guanidine groups is 2. The van der Waals surface area contributed by atoms with Crippen molar-refractivity contribution < 1.29 is 13.5 Å². The lowest BCUT2D eigenvalue weighted by Gasteiger charge is -2.46. The molecule has 0 bridgehead atoms. The Labute approximate surface area is 188 Å². The van der Waals surface area contributed by atoms with Gasteiger partial charge >= 0.3 is 0 Å². The Hall–Kier alpha value is -3.11. The highest BCUT2D eigenvalue weighted by molar-refractivity contribution is 7.93. The minimum absolute atomic E-state index is 0.0658. The van der Waals surface area contributed by atoms with Crippen LogP contribution in [0.3, 0.4) is 0 Å². The number of aliphatic hydroxyl groups is 1. The highest BCUT2D eigenvalue weighted by Crippen LogP contribution is 2.42. The van der Waals surface area contributed by atoms with Gasteiger partial charge in [0.1, 0.15) is 10.6 Å². The maximum Gasteiger partial charge on any atom is 0.266 e. The lowest BCUT2D eigenvalue weighted by Crippen LogP contribution is -2.58. The van der Waals surface area contributed by atoms with Gasteiger partial charge in [0.05, 0.1) is 24.5 Å². The van der Waals surface area contributed by atoms with Crippen LogP contribution in [0.25, 0.3) is 0 Å². The van der Waals surface area contributed by atoms with E-state index in [-0.39, 0.29) is 30.0 Å². The fraction of sp³-hybridized carbons (Fsp3) is 0.364. The van der Waals surface area contributed by atoms with Crippen LogP contribution in [0, 0.1) is 0 Å². The minimum atomic E-state index is -4.05. The van der Waals surface area contributed by atoms with E-state index < -0.39 is 15.7 Å². The van der Waals surface area contributed by atoms with Crippen LogP contribution in [0.4, 0.5) is 11.4 Å². The Kier molecular flexibility index (Phi) is 6.07. The number of rotatable bonds is 6. The van der Waals surface area contributed by atoms with Crippen molar-refractivity contribution in [2.75, 3.05) is 22.4 Å². The van der Waals surface area contributed by atoms with E-state index in [1.807, 2.05) is 0 Å². The molecule has 2 aliphatic rings. The van der Waals surface area contributed by atoms with Crippen LogP contribution < -0.4 is 20.7 Å². The number of aliphatic imine (C=N–C) groups is 2. The molecule has 0 radical (unpaired) electrons. The molecule has 0 unspecified atom stereocenters. The fourth-order valence-corrected chi connectivity index (χ4v) is 6.15. The molecule has 1 heterocycles. The van der Waals surface area contributed by atoms with E-state index in [4.69, 9.17) is 11.5 Å². The molecule has 1 spiro atoms. The molecule has 0 aromatic heterocycles. The van der Waals surface area contributed by atoms with Crippen LogP contribution in [-0.2, 0) is 10.0 Å². The lowest BCUT2D eigenvalue weighted by molar-refractivity contribution is 0.304. The van der Waals surface area contributed by atoms with E-state index >= 15 is 0 Å². The highest BCUT2D eigenvalue weighted by atomic mass is 32.2. The van der Waals surface area contributed by atoms with E-state index in [9.17, 15) is 13.5 Å². The maximum absolute atomic E-state index is 13.9. The SMILES string of the molecule is NC1=NC2(CCCCC2)N(c2ccccc2S(=O)(=O)N(CCO)c2ccccc2)C(N)=N1. The Bertz CT molecular complexity index is 1130. The van der Waals surface area contributed by atoms with E-state index in [2.05, 4.69) is 9.98 Å². The second-order valence-corrected chi connectivity index (χ2v) is 9.75. The molecule has 4 rings (SSSR count). The Morgan fingerprint density at radius 2 is 1.66 bits per heavy atom. The van der Waals surface area contributed by atoms with E-state index in [0.717, 1.165) is 19.3 Å². The van der Waals surface area contributed by atoms with Crippen molar-refractivity contribution in [2.24, 2.45) is 21.5 Å². The van der Waals surface area contributed by atoms with Crippen LogP contribution in [0.1, 0.15) is 32.1 Å². The van der Waals surface area contributed by atoms with Gasteiger partial charge in [-0.25, -0.2) is 13.4 Å². The van der Waals surface area contributed by atoms with Gasteiger partial charge in [0, 0.05) is 0 Å². The number of nitrogens with two attached hydrogens (primary N) is 2. The normalized spacial score (nSPS) is 18.2. The summed E-state index contributed by atoms with van der Waals surface area (Å²) in [5.74, 6) is 0.225. The van der Waals surface area contributed by atoms with Crippen LogP contribution in [0.5, 0.6) is 0 Å². The zero-order valence-corrected chi connectivity index (χ0v) is 18.6. The molecule has 0 amide bonds. The molecule has 9 nitrogen and oxygen atoms in total. The first kappa shape index (κ1) is 22.1. The zero-order chi connectivity index (χ0) is 22.8. The third kappa shape index (κ3) is 3.91. The van der Waals surface area contributed by atoms with Crippen molar-refractivity contribution in [1.82, 2.24) is 0 Å². The summed E-state index contributed by atoms with van der Waals surface area (Å²) in [6, 6.07) is 15.4. The van der Waals surface area contributed by atoms with Gasteiger partial charge in [0.15, 0.2) is 0 Å². The number of nitrogens with zero attached hydrogens (tertiary/aromatic N) is 4. The molecule has 1 aliphatic carbocycles. The van der Waals surface area contributed by atoms with E-state index in [0.29, 0.717) is 24.2 Å². The third-order valence-corrected chi connectivity index (χ3v) is 7.75. The number of anilines is 2. The van der Waals surface area contributed by atoms with Crippen molar-refractivity contribution in [3.05, 3.63) is 54.6 Å². The molecule has 5 N–H and O–H groups in total. The second-order valence-electron chi connectivity index (χ2n) is 7.92. The van der Waals surface area contributed by atoms with Gasteiger partial charge in [-0.2, -0.15) is 4.99 Å². The number of hydrogen-bond donors (Lipinski definition) is 3. The van der Waals surface area contributed by atoms with Crippen molar-refractivity contribution in [3.8, 4) is 0 Å². The number of benzene rings is 2. The van der Waals surface area contributed by atoms with Gasteiger partial charge in [-0.1, -0.05) is 36.8 Å². The van der Waals surface area contributed by atoms with Crippen LogP contribution >= 0.6 is 0 Å². The monoisotopic (exact) mass is 456 g/mol. The first-order chi connectivity index (χ1) is 15.4. The van der Waals surface area contributed by atoms with Crippen molar-refractivity contribution in [3.63, 3.8) is 0 Å². The van der Waals surface area contributed by atoms with Crippen LogP contribution in [0.2, 0.25) is 0 Å². The summed E-state index contributed by atoms with van der Waals surface area (Å²) in [5, 5.41) is 9.61. The van der Waals surface area contributed by atoms with Gasteiger partial charge in [0.25, 0.3) is 10.0 Å². The molecule has 2 aromatic rings. The molecule has 1 aliphatic heterocycles. The average Bonchev–Trinajstić information content (AvgIpc) is 2.78. The Morgan fingerprint density at radius 3 is 2.34 bits per heavy atom. The molecular weight excluding hydrogens is 428 g/mol. The predicted octanol–water partition coefficient (Wildman–Crippen LogP) is 1.98. The van der Waals surface area contributed by atoms with Gasteiger partial charge in [0.2, 0.25) is 11.9 Å². The topological polar surface area (TPSA) is 138 Å². The zero-order valence-electron chi connectivity index (χ0n) is 17.8. The third-order valence-electron chi connectivity index (χ3n) is 5.87. The minimum Gasteiger partial charge on any atom is -0.394 e. The standard InChI is InChI=1S/C22H28N6O3S/c23-20-25-21(24)28(22(26-20)13-7-2-8-14-22)18-11-5-6-12-19(18)32(30,31)27(15-16-29)17-9-3-1-4-10-17/h1,3-6,9-12,29H,2,7-8,13-16H2,(H4,23,24,25,26). The summed E-state index contributed by atoms with van der Waals surface area (Å²) in [6.07, 6.45) is 4.31. The molecule has 1 saturated carbocycles. The molecule has 0 atom stereocenters. The Balaban J connectivity index is 1.86. The number of aliphatic hydroxyl groups excluding tert-OH is 1. The van der Waals surface area contributed by atoms with Crippen molar-refractivity contribution >= 4 is 33.3 Å². The molecule has 1 fully saturated rings. The van der Waals surface area contributed by atoms with Crippen LogP contribution in [-0.4, -0.2) is 44.3 Å². The smallest absolute Gasteiger partial charge is 0.266 e. The lowest BCUT2D eigenvalue weighted by atomic mass is 9.87. The Morgan fingerprint density at radius 1 is 1.00 bits per heavy atom. The van der Waals surface area contributed by atoms with Crippen molar-refractivity contribution in [2.45, 2.75) is 42.7 Å². The highest BCUT2D eigenvalue weighted by Gasteiger charge is 2.44. The average molecular weight is 457 g/mol. The van der Waals surface area contributed by atoms with Crippen LogP contribution in [0.15, 0.2) is 69.5 Å². The summed E-state index contributed by atoms with van der Waals surface area (Å²) in [7, 11) is -4.05. The second kappa shape index (κ2) is 8.79.